The van der Waals surface area contributed by atoms with Gasteiger partial charge in [-0.25, -0.2) is 8.42 Å². The van der Waals surface area contributed by atoms with Gasteiger partial charge < -0.3 is 10.8 Å². The summed E-state index contributed by atoms with van der Waals surface area (Å²) in [4.78, 5) is 2.02. The molecular weight excluding hydrogens is 276 g/mol. The van der Waals surface area contributed by atoms with Gasteiger partial charge in [0.05, 0.1) is 17.6 Å². The van der Waals surface area contributed by atoms with E-state index in [1.165, 1.54) is 0 Å². The van der Waals surface area contributed by atoms with Crippen LogP contribution < -0.4 is 5.73 Å². The van der Waals surface area contributed by atoms with E-state index in [-0.39, 0.29) is 11.5 Å². The summed E-state index contributed by atoms with van der Waals surface area (Å²) < 4.78 is 23.1. The van der Waals surface area contributed by atoms with Crippen molar-refractivity contribution < 1.29 is 13.5 Å². The Kier molecular flexibility index (Phi) is 5.15. The van der Waals surface area contributed by atoms with Crippen molar-refractivity contribution in [3.63, 3.8) is 0 Å². The minimum absolute atomic E-state index is 0.186. The van der Waals surface area contributed by atoms with Crippen molar-refractivity contribution in [1.29, 1.82) is 0 Å². The number of nitrogens with zero attached hydrogens (tertiary/aromatic N) is 1. The molecule has 0 radical (unpaired) electrons. The number of aliphatic hydroxyl groups is 1. The molecule has 1 unspecified atom stereocenters. The van der Waals surface area contributed by atoms with Crippen LogP contribution in [0.1, 0.15) is 23.7 Å². The van der Waals surface area contributed by atoms with Gasteiger partial charge in [-0.3, -0.25) is 4.90 Å². The van der Waals surface area contributed by atoms with Crippen molar-refractivity contribution in [3.05, 3.63) is 35.4 Å². The maximum absolute atomic E-state index is 11.5. The van der Waals surface area contributed by atoms with E-state index in [0.29, 0.717) is 26.1 Å². The van der Waals surface area contributed by atoms with E-state index in [1.807, 2.05) is 29.2 Å². The zero-order valence-electron chi connectivity index (χ0n) is 11.5. The van der Waals surface area contributed by atoms with Gasteiger partial charge in [0.15, 0.2) is 9.84 Å². The largest absolute Gasteiger partial charge is 0.387 e. The van der Waals surface area contributed by atoms with E-state index in [0.717, 1.165) is 17.7 Å². The molecule has 1 saturated heterocycles. The maximum Gasteiger partial charge on any atom is 0.151 e. The molecule has 0 amide bonds. The number of sulfone groups is 1. The van der Waals surface area contributed by atoms with Gasteiger partial charge in [0.1, 0.15) is 0 Å². The van der Waals surface area contributed by atoms with Gasteiger partial charge in [-0.15, -0.1) is 0 Å². The predicted octanol–water partition coefficient (Wildman–Crippen LogP) is 0.299. The van der Waals surface area contributed by atoms with E-state index in [4.69, 9.17) is 5.73 Å². The first-order valence-electron chi connectivity index (χ1n) is 6.90. The highest BCUT2D eigenvalue weighted by molar-refractivity contribution is 7.91. The van der Waals surface area contributed by atoms with E-state index < -0.39 is 15.9 Å². The Labute approximate surface area is 120 Å². The van der Waals surface area contributed by atoms with Gasteiger partial charge >= 0.3 is 0 Å². The first-order chi connectivity index (χ1) is 9.50. The van der Waals surface area contributed by atoms with Crippen LogP contribution in [0.3, 0.4) is 0 Å². The summed E-state index contributed by atoms with van der Waals surface area (Å²) >= 11 is 0. The van der Waals surface area contributed by atoms with Crippen LogP contribution in [0.15, 0.2) is 24.3 Å². The smallest absolute Gasteiger partial charge is 0.151 e. The molecule has 0 aliphatic carbocycles. The number of nitrogens with two attached hydrogens (primary N) is 1. The van der Waals surface area contributed by atoms with Crippen LogP contribution in [0.5, 0.6) is 0 Å². The van der Waals surface area contributed by atoms with Gasteiger partial charge in [0, 0.05) is 19.6 Å². The van der Waals surface area contributed by atoms with Crippen LogP contribution in [0, 0.1) is 0 Å². The second kappa shape index (κ2) is 6.67. The molecule has 5 nitrogen and oxygen atoms in total. The van der Waals surface area contributed by atoms with Crippen LogP contribution in [-0.2, 0) is 16.4 Å². The Bertz CT molecular complexity index is 528. The van der Waals surface area contributed by atoms with Crippen molar-refractivity contribution in [3.8, 4) is 0 Å². The number of hydrogen-bond acceptors (Lipinski definition) is 5. The summed E-state index contributed by atoms with van der Waals surface area (Å²) in [6.07, 6.45) is 0.0453. The van der Waals surface area contributed by atoms with Gasteiger partial charge in [0.2, 0.25) is 0 Å². The molecular formula is C14H22N2O3S. The molecule has 0 saturated carbocycles. The van der Waals surface area contributed by atoms with E-state index in [2.05, 4.69) is 0 Å². The Morgan fingerprint density at radius 2 is 1.90 bits per heavy atom. The Morgan fingerprint density at radius 1 is 1.20 bits per heavy atom. The quantitative estimate of drug-likeness (QED) is 0.835. The number of hydrogen-bond donors (Lipinski definition) is 2. The van der Waals surface area contributed by atoms with Crippen molar-refractivity contribution in [2.45, 2.75) is 19.1 Å². The number of β-amino-alcohol motifs (C(OH)–C–C–N with tert-alkyl or cyclic N) is 1. The van der Waals surface area contributed by atoms with Gasteiger partial charge in [-0.1, -0.05) is 24.3 Å². The predicted molar refractivity (Wildman–Crippen MR) is 79.0 cm³/mol. The first-order valence-corrected chi connectivity index (χ1v) is 8.72. The summed E-state index contributed by atoms with van der Waals surface area (Å²) in [5.41, 5.74) is 7.41. The minimum atomic E-state index is -2.90. The summed E-state index contributed by atoms with van der Waals surface area (Å²) in [5, 5.41) is 10.2. The average molecular weight is 298 g/mol. The maximum atomic E-state index is 11.5. The molecule has 1 aliphatic heterocycles. The fraction of sp³-hybridized carbons (Fsp3) is 0.571. The molecule has 112 valence electrons. The molecule has 1 aromatic rings. The molecule has 1 heterocycles. The van der Waals surface area contributed by atoms with Crippen molar-refractivity contribution >= 4 is 9.84 Å². The van der Waals surface area contributed by atoms with Crippen molar-refractivity contribution in [2.75, 3.05) is 31.1 Å². The lowest BCUT2D eigenvalue weighted by atomic mass is 10.1. The topological polar surface area (TPSA) is 83.6 Å². The lowest BCUT2D eigenvalue weighted by molar-refractivity contribution is 0.117. The van der Waals surface area contributed by atoms with Gasteiger partial charge in [-0.2, -0.15) is 0 Å². The second-order valence-corrected chi connectivity index (χ2v) is 7.57. The SMILES string of the molecule is NCc1ccc(C(O)CN2CCCS(=O)(=O)CC2)cc1. The molecule has 0 aromatic heterocycles. The molecule has 3 N–H and O–H groups in total. The minimum Gasteiger partial charge on any atom is -0.387 e. The fourth-order valence-electron chi connectivity index (χ4n) is 2.40. The summed E-state index contributed by atoms with van der Waals surface area (Å²) in [6.45, 7) is 2.18. The van der Waals surface area contributed by atoms with Crippen molar-refractivity contribution in [2.24, 2.45) is 5.73 Å². The zero-order chi connectivity index (χ0) is 14.6. The zero-order valence-corrected chi connectivity index (χ0v) is 12.3. The molecule has 1 atom stereocenters. The van der Waals surface area contributed by atoms with Crippen LogP contribution in [0.25, 0.3) is 0 Å². The standard InChI is InChI=1S/C14H22N2O3S/c15-10-12-2-4-13(5-3-12)14(17)11-16-6-1-8-20(18,19)9-7-16/h2-5,14,17H,1,6-11,15H2. The molecule has 20 heavy (non-hydrogen) atoms. The van der Waals surface area contributed by atoms with Crippen LogP contribution in [0.2, 0.25) is 0 Å². The van der Waals surface area contributed by atoms with E-state index in [1.54, 1.807) is 0 Å². The molecule has 6 heteroatoms. The van der Waals surface area contributed by atoms with Crippen LogP contribution in [0.4, 0.5) is 0 Å². The molecule has 2 rings (SSSR count). The van der Waals surface area contributed by atoms with E-state index in [9.17, 15) is 13.5 Å². The lowest BCUT2D eigenvalue weighted by Gasteiger charge is -2.23. The third-order valence-corrected chi connectivity index (χ3v) is 5.39. The molecule has 1 aromatic carbocycles. The molecule has 0 bridgehead atoms. The fourth-order valence-corrected chi connectivity index (χ4v) is 3.71. The number of aliphatic hydroxyl groups excluding tert-OH is 1. The lowest BCUT2D eigenvalue weighted by Crippen LogP contribution is -2.31. The summed E-state index contributed by atoms with van der Waals surface area (Å²) in [6, 6.07) is 7.57. The van der Waals surface area contributed by atoms with Gasteiger partial charge in [-0.05, 0) is 24.1 Å². The summed E-state index contributed by atoms with van der Waals surface area (Å²) in [7, 11) is -2.90. The number of rotatable bonds is 4. The Balaban J connectivity index is 1.94. The molecule has 1 aliphatic rings. The third-order valence-electron chi connectivity index (χ3n) is 3.68. The first kappa shape index (κ1) is 15.4. The number of benzene rings is 1. The van der Waals surface area contributed by atoms with E-state index >= 15 is 0 Å². The highest BCUT2D eigenvalue weighted by Crippen LogP contribution is 2.16. The van der Waals surface area contributed by atoms with Crippen LogP contribution in [-0.4, -0.2) is 49.6 Å². The Hall–Kier alpha value is -0.950. The average Bonchev–Trinajstić information content (AvgIpc) is 2.60. The van der Waals surface area contributed by atoms with Crippen LogP contribution >= 0.6 is 0 Å². The normalized spacial score (nSPS) is 21.3. The summed E-state index contributed by atoms with van der Waals surface area (Å²) in [5.74, 6) is 0.441. The van der Waals surface area contributed by atoms with Gasteiger partial charge in [0.25, 0.3) is 0 Å². The third kappa shape index (κ3) is 4.28. The Morgan fingerprint density at radius 3 is 2.55 bits per heavy atom. The highest BCUT2D eigenvalue weighted by atomic mass is 32.2. The monoisotopic (exact) mass is 298 g/mol. The second-order valence-electron chi connectivity index (χ2n) is 5.27. The molecule has 0 spiro atoms. The molecule has 1 fully saturated rings. The van der Waals surface area contributed by atoms with Crippen molar-refractivity contribution in [1.82, 2.24) is 4.90 Å². The highest BCUT2D eigenvalue weighted by Gasteiger charge is 2.21.